The van der Waals surface area contributed by atoms with Gasteiger partial charge in [0, 0.05) is 29.2 Å². The number of urea groups is 1. The predicted molar refractivity (Wildman–Crippen MR) is 140 cm³/mol. The quantitative estimate of drug-likeness (QED) is 0.351. The van der Waals surface area contributed by atoms with Crippen molar-refractivity contribution in [2.75, 3.05) is 31.6 Å². The first-order chi connectivity index (χ1) is 17.8. The number of hydrogen-bond acceptors (Lipinski definition) is 6. The number of carboxylic acids is 2. The molecule has 9 nitrogen and oxygen atoms in total. The molecule has 3 aromatic rings. The van der Waals surface area contributed by atoms with Crippen molar-refractivity contribution in [1.82, 2.24) is 4.90 Å². The molecule has 2 amide bonds. The monoisotopic (exact) mass is 524 g/mol. The Morgan fingerprint density at radius 2 is 1.76 bits per heavy atom. The van der Waals surface area contributed by atoms with Crippen molar-refractivity contribution in [3.8, 4) is 21.9 Å². The molecule has 1 aliphatic heterocycles. The minimum Gasteiger partial charge on any atom is -0.493 e. The molecule has 1 aliphatic rings. The molecule has 3 N–H and O–H groups in total. The van der Waals surface area contributed by atoms with Crippen LogP contribution in [-0.4, -0.2) is 59.4 Å². The highest BCUT2D eigenvalue weighted by atomic mass is 32.1. The number of carbonyl (C=O) groups is 3. The Kier molecular flexibility index (Phi) is 8.29. The van der Waals surface area contributed by atoms with E-state index in [1.165, 1.54) is 0 Å². The number of nitrogens with one attached hydrogen (secondary N) is 1. The van der Waals surface area contributed by atoms with E-state index in [0.29, 0.717) is 41.8 Å². The lowest BCUT2D eigenvalue weighted by Crippen LogP contribution is -2.42. The van der Waals surface area contributed by atoms with Gasteiger partial charge in [-0.3, -0.25) is 0 Å². The predicted octanol–water partition coefficient (Wildman–Crippen LogP) is 5.21. The first kappa shape index (κ1) is 26.0. The fourth-order valence-electron chi connectivity index (χ4n) is 4.19. The fraction of sp³-hybridized carbons (Fsp3) is 0.296. The van der Waals surface area contributed by atoms with Gasteiger partial charge in [0.2, 0.25) is 0 Å². The zero-order chi connectivity index (χ0) is 26.4. The van der Waals surface area contributed by atoms with Crippen molar-refractivity contribution in [2.45, 2.75) is 19.8 Å². The van der Waals surface area contributed by atoms with E-state index < -0.39 is 18.5 Å². The third-order valence-corrected chi connectivity index (χ3v) is 7.44. The van der Waals surface area contributed by atoms with Gasteiger partial charge in [0.05, 0.1) is 6.61 Å². The highest BCUT2D eigenvalue weighted by molar-refractivity contribution is 7.18. The van der Waals surface area contributed by atoms with Gasteiger partial charge in [-0.25, -0.2) is 14.4 Å². The number of carbonyl (C=O) groups excluding carboxylic acids is 1. The van der Waals surface area contributed by atoms with Crippen LogP contribution < -0.4 is 14.8 Å². The summed E-state index contributed by atoms with van der Waals surface area (Å²) in [4.78, 5) is 37.6. The molecule has 0 saturated carbocycles. The lowest BCUT2D eigenvalue weighted by Gasteiger charge is -2.32. The maximum Gasteiger partial charge on any atom is 0.349 e. The molecule has 10 heteroatoms. The van der Waals surface area contributed by atoms with E-state index in [4.69, 9.17) is 14.6 Å². The minimum absolute atomic E-state index is 0.0388. The second kappa shape index (κ2) is 11.8. The lowest BCUT2D eigenvalue weighted by atomic mass is 9.98. The molecule has 0 bridgehead atoms. The van der Waals surface area contributed by atoms with E-state index in [-0.39, 0.29) is 16.7 Å². The second-order valence-corrected chi connectivity index (χ2v) is 9.79. The first-order valence-electron chi connectivity index (χ1n) is 11.9. The molecule has 1 aromatic heterocycles. The van der Waals surface area contributed by atoms with E-state index >= 15 is 0 Å². The van der Waals surface area contributed by atoms with E-state index in [2.05, 4.69) is 5.32 Å². The molecular formula is C27H28N2O7S. The van der Waals surface area contributed by atoms with Crippen LogP contribution in [0.5, 0.6) is 11.5 Å². The third kappa shape index (κ3) is 6.59. The topological polar surface area (TPSA) is 125 Å². The van der Waals surface area contributed by atoms with Crippen LogP contribution in [0.4, 0.5) is 10.5 Å². The summed E-state index contributed by atoms with van der Waals surface area (Å²) in [7, 11) is 0. The molecule has 0 unspecified atom stereocenters. The molecule has 4 rings (SSSR count). The molecule has 1 saturated heterocycles. The van der Waals surface area contributed by atoms with Crippen LogP contribution in [0.3, 0.4) is 0 Å². The number of para-hydroxylation sites is 1. The Morgan fingerprint density at radius 3 is 2.43 bits per heavy atom. The zero-order valence-electron chi connectivity index (χ0n) is 20.3. The summed E-state index contributed by atoms with van der Waals surface area (Å²) < 4.78 is 11.3. The van der Waals surface area contributed by atoms with Crippen LogP contribution in [0.1, 0.15) is 28.1 Å². The van der Waals surface area contributed by atoms with Crippen LogP contribution in [-0.2, 0) is 4.79 Å². The van der Waals surface area contributed by atoms with E-state index in [1.807, 2.05) is 59.5 Å². The molecule has 0 atom stereocenters. The lowest BCUT2D eigenvalue weighted by molar-refractivity contribution is -0.139. The number of amides is 2. The number of hydrogen-bond donors (Lipinski definition) is 3. The van der Waals surface area contributed by atoms with Crippen molar-refractivity contribution >= 4 is 35.0 Å². The number of likely N-dealkylation sites (tertiary alicyclic amines) is 1. The van der Waals surface area contributed by atoms with Crippen molar-refractivity contribution in [3.63, 3.8) is 0 Å². The van der Waals surface area contributed by atoms with Crippen LogP contribution >= 0.6 is 11.3 Å². The van der Waals surface area contributed by atoms with Gasteiger partial charge in [-0.05, 0) is 55.5 Å². The molecule has 194 valence electrons. The number of rotatable bonds is 9. The number of ether oxygens (including phenoxy) is 2. The molecular weight excluding hydrogens is 496 g/mol. The number of anilines is 1. The summed E-state index contributed by atoms with van der Waals surface area (Å²) in [5, 5.41) is 21.4. The van der Waals surface area contributed by atoms with Gasteiger partial charge in [0.15, 0.2) is 11.5 Å². The van der Waals surface area contributed by atoms with Gasteiger partial charge in [-0.2, -0.15) is 0 Å². The van der Waals surface area contributed by atoms with Gasteiger partial charge in [-0.1, -0.05) is 30.3 Å². The van der Waals surface area contributed by atoms with Crippen molar-refractivity contribution in [3.05, 3.63) is 65.0 Å². The molecule has 0 radical (unpaired) electrons. The smallest absolute Gasteiger partial charge is 0.349 e. The number of aliphatic carboxylic acids is 1. The number of benzene rings is 2. The number of aromatic carboxylic acids is 1. The standard InChI is InChI=1S/C27H28N2O7S/c1-17-23(36-16-22(30)31)25(26(32)33)37-24(17)19-6-5-9-21(14-19)35-15-18-10-12-29(13-11-18)27(34)28-20-7-3-2-4-8-20/h2-9,14,18H,10-13,15-16H2,1H3,(H,28,34)(H,30,31)(H,32,33). The van der Waals surface area contributed by atoms with Crippen LogP contribution in [0.25, 0.3) is 10.4 Å². The highest BCUT2D eigenvalue weighted by Gasteiger charge is 2.25. The van der Waals surface area contributed by atoms with Crippen molar-refractivity contribution in [2.24, 2.45) is 5.92 Å². The van der Waals surface area contributed by atoms with E-state index in [1.54, 1.807) is 6.92 Å². The minimum atomic E-state index is -1.18. The SMILES string of the molecule is Cc1c(-c2cccc(OCC3CCN(C(=O)Nc4ccccc4)CC3)c2)sc(C(=O)O)c1OCC(=O)O. The number of carboxylic acid groups (broad SMARTS) is 2. The Bertz CT molecular complexity index is 1270. The molecule has 2 aromatic carbocycles. The average Bonchev–Trinajstić information content (AvgIpc) is 3.23. The summed E-state index contributed by atoms with van der Waals surface area (Å²) >= 11 is 1.04. The Balaban J connectivity index is 1.35. The summed E-state index contributed by atoms with van der Waals surface area (Å²) in [6.07, 6.45) is 1.66. The van der Waals surface area contributed by atoms with E-state index in [9.17, 15) is 19.5 Å². The Morgan fingerprint density at radius 1 is 1.03 bits per heavy atom. The molecule has 1 fully saturated rings. The van der Waals surface area contributed by atoms with Crippen molar-refractivity contribution in [1.29, 1.82) is 0 Å². The Labute approximate surface area is 218 Å². The van der Waals surface area contributed by atoms with Gasteiger partial charge in [-0.15, -0.1) is 11.3 Å². The van der Waals surface area contributed by atoms with E-state index in [0.717, 1.165) is 35.4 Å². The molecule has 2 heterocycles. The zero-order valence-corrected chi connectivity index (χ0v) is 21.1. The third-order valence-electron chi connectivity index (χ3n) is 6.13. The number of thiophene rings is 1. The van der Waals surface area contributed by atoms with Gasteiger partial charge in [0.1, 0.15) is 11.5 Å². The number of piperidine rings is 1. The Hall–Kier alpha value is -4.05. The van der Waals surface area contributed by atoms with Crippen LogP contribution in [0.2, 0.25) is 0 Å². The summed E-state index contributed by atoms with van der Waals surface area (Å²) in [5.41, 5.74) is 2.11. The maximum atomic E-state index is 12.5. The largest absolute Gasteiger partial charge is 0.493 e. The van der Waals surface area contributed by atoms with Gasteiger partial charge >= 0.3 is 18.0 Å². The molecule has 0 aliphatic carbocycles. The maximum absolute atomic E-state index is 12.5. The normalized spacial score (nSPS) is 13.7. The van der Waals surface area contributed by atoms with Crippen molar-refractivity contribution < 1.29 is 34.1 Å². The molecule has 0 spiro atoms. The molecule has 37 heavy (non-hydrogen) atoms. The fourth-order valence-corrected chi connectivity index (χ4v) is 5.28. The van der Waals surface area contributed by atoms with Crippen LogP contribution in [0, 0.1) is 12.8 Å². The first-order valence-corrected chi connectivity index (χ1v) is 12.7. The second-order valence-electron chi connectivity index (χ2n) is 8.77. The average molecular weight is 525 g/mol. The van der Waals surface area contributed by atoms with Gasteiger partial charge in [0.25, 0.3) is 0 Å². The number of nitrogens with zero attached hydrogens (tertiary/aromatic N) is 1. The highest BCUT2D eigenvalue weighted by Crippen LogP contribution is 2.42. The summed E-state index contributed by atoms with van der Waals surface area (Å²) in [6, 6.07) is 16.6. The van der Waals surface area contributed by atoms with Crippen LogP contribution in [0.15, 0.2) is 54.6 Å². The van der Waals surface area contributed by atoms with Gasteiger partial charge < -0.3 is 29.9 Å². The summed E-state index contributed by atoms with van der Waals surface area (Å²) in [5.74, 6) is -1.32. The summed E-state index contributed by atoms with van der Waals surface area (Å²) in [6.45, 7) is 2.91.